The molecule has 0 amide bonds. The van der Waals surface area contributed by atoms with E-state index in [0.29, 0.717) is 11.9 Å². The van der Waals surface area contributed by atoms with E-state index in [1.165, 1.54) is 50.5 Å². The van der Waals surface area contributed by atoms with E-state index in [1.54, 1.807) is 6.20 Å². The van der Waals surface area contributed by atoms with E-state index in [9.17, 15) is 0 Å². The number of hydrogen-bond donors (Lipinski definition) is 2. The fraction of sp³-hybridized carbons (Fsp3) is 0.706. The molecule has 3 N–H and O–H groups in total. The average molecular weight is 275 g/mol. The van der Waals surface area contributed by atoms with Crippen LogP contribution in [0.15, 0.2) is 18.3 Å². The van der Waals surface area contributed by atoms with Gasteiger partial charge >= 0.3 is 0 Å². The van der Waals surface area contributed by atoms with Gasteiger partial charge in [0.1, 0.15) is 5.82 Å². The average Bonchev–Trinajstić information content (AvgIpc) is 2.74. The molecule has 1 atom stereocenters. The van der Waals surface area contributed by atoms with E-state index in [4.69, 9.17) is 5.73 Å². The molecule has 1 saturated carbocycles. The van der Waals surface area contributed by atoms with Crippen LogP contribution >= 0.6 is 0 Å². The highest BCUT2D eigenvalue weighted by molar-refractivity contribution is 5.39. The lowest BCUT2D eigenvalue weighted by Crippen LogP contribution is -2.38. The number of nitrogen functional groups attached to an aromatic ring is 1. The molecular formula is C17H29N3. The molecule has 0 spiro atoms. The summed E-state index contributed by atoms with van der Waals surface area (Å²) < 4.78 is 0. The minimum atomic E-state index is 0.555. The summed E-state index contributed by atoms with van der Waals surface area (Å²) >= 11 is 0. The summed E-state index contributed by atoms with van der Waals surface area (Å²) in [5.74, 6) is 1.49. The molecule has 1 fully saturated rings. The van der Waals surface area contributed by atoms with Gasteiger partial charge in [-0.05, 0) is 49.8 Å². The molecule has 0 bridgehead atoms. The Morgan fingerprint density at radius 1 is 1.30 bits per heavy atom. The zero-order chi connectivity index (χ0) is 14.2. The van der Waals surface area contributed by atoms with Gasteiger partial charge in [0.25, 0.3) is 0 Å². The Labute approximate surface area is 123 Å². The summed E-state index contributed by atoms with van der Waals surface area (Å²) in [7, 11) is 0. The maximum atomic E-state index is 6.02. The van der Waals surface area contributed by atoms with Gasteiger partial charge in [-0.2, -0.15) is 0 Å². The van der Waals surface area contributed by atoms with Crippen LogP contribution in [-0.4, -0.2) is 17.6 Å². The van der Waals surface area contributed by atoms with Gasteiger partial charge in [0.2, 0.25) is 0 Å². The van der Waals surface area contributed by atoms with Crippen molar-refractivity contribution in [1.29, 1.82) is 0 Å². The van der Waals surface area contributed by atoms with Crippen molar-refractivity contribution < 1.29 is 0 Å². The summed E-state index contributed by atoms with van der Waals surface area (Å²) in [6.07, 6.45) is 12.3. The van der Waals surface area contributed by atoms with Crippen molar-refractivity contribution in [2.75, 3.05) is 12.3 Å². The first-order chi connectivity index (χ1) is 9.81. The first-order valence-corrected chi connectivity index (χ1v) is 8.24. The molecule has 112 valence electrons. The summed E-state index contributed by atoms with van der Waals surface area (Å²) in [4.78, 5) is 4.23. The third-order valence-corrected chi connectivity index (χ3v) is 4.49. The predicted molar refractivity (Wildman–Crippen MR) is 85.6 cm³/mol. The number of pyridine rings is 1. The van der Waals surface area contributed by atoms with Crippen LogP contribution in [0.3, 0.4) is 0 Å². The molecule has 1 aromatic heterocycles. The van der Waals surface area contributed by atoms with E-state index in [0.717, 1.165) is 18.9 Å². The highest BCUT2D eigenvalue weighted by atomic mass is 14.9. The monoisotopic (exact) mass is 275 g/mol. The maximum absolute atomic E-state index is 6.02. The summed E-state index contributed by atoms with van der Waals surface area (Å²) in [5, 5.41) is 3.76. The fourth-order valence-corrected chi connectivity index (χ4v) is 3.31. The van der Waals surface area contributed by atoms with Gasteiger partial charge in [-0.25, -0.2) is 4.98 Å². The van der Waals surface area contributed by atoms with Crippen LogP contribution in [-0.2, 0) is 6.42 Å². The highest BCUT2D eigenvalue weighted by Gasteiger charge is 2.23. The Bertz CT molecular complexity index is 384. The second-order valence-electron chi connectivity index (χ2n) is 6.06. The number of aromatic nitrogens is 1. The van der Waals surface area contributed by atoms with Crippen molar-refractivity contribution in [2.24, 2.45) is 5.92 Å². The van der Waals surface area contributed by atoms with E-state index in [-0.39, 0.29) is 0 Å². The molecule has 1 aliphatic carbocycles. The maximum Gasteiger partial charge on any atom is 0.126 e. The van der Waals surface area contributed by atoms with Gasteiger partial charge in [-0.1, -0.05) is 38.7 Å². The molecule has 1 aromatic rings. The fourth-order valence-electron chi connectivity index (χ4n) is 3.31. The lowest BCUT2D eigenvalue weighted by molar-refractivity contribution is 0.317. The second-order valence-corrected chi connectivity index (χ2v) is 6.06. The Kier molecular flexibility index (Phi) is 6.31. The van der Waals surface area contributed by atoms with Crippen LogP contribution in [0.4, 0.5) is 5.82 Å². The van der Waals surface area contributed by atoms with Crippen molar-refractivity contribution in [3.8, 4) is 0 Å². The molecule has 3 heteroatoms. The third kappa shape index (κ3) is 4.48. The van der Waals surface area contributed by atoms with E-state index in [2.05, 4.69) is 23.3 Å². The van der Waals surface area contributed by atoms with Gasteiger partial charge in [-0.15, -0.1) is 0 Å². The number of rotatable bonds is 6. The van der Waals surface area contributed by atoms with E-state index in [1.807, 2.05) is 6.07 Å². The first-order valence-electron chi connectivity index (χ1n) is 8.24. The number of nitrogens with two attached hydrogens (primary N) is 1. The lowest BCUT2D eigenvalue weighted by Gasteiger charge is -2.28. The molecule has 2 rings (SSSR count). The van der Waals surface area contributed by atoms with Gasteiger partial charge in [0.05, 0.1) is 0 Å². The topological polar surface area (TPSA) is 50.9 Å². The molecule has 1 heterocycles. The third-order valence-electron chi connectivity index (χ3n) is 4.49. The van der Waals surface area contributed by atoms with Gasteiger partial charge in [-0.3, -0.25) is 0 Å². The van der Waals surface area contributed by atoms with Crippen LogP contribution in [0.5, 0.6) is 0 Å². The number of hydrogen-bond acceptors (Lipinski definition) is 3. The first kappa shape index (κ1) is 15.3. The Morgan fingerprint density at radius 2 is 2.05 bits per heavy atom. The van der Waals surface area contributed by atoms with Crippen LogP contribution < -0.4 is 11.1 Å². The summed E-state index contributed by atoms with van der Waals surface area (Å²) in [6.45, 7) is 3.33. The van der Waals surface area contributed by atoms with Gasteiger partial charge in [0, 0.05) is 12.2 Å². The normalized spacial score (nSPS) is 18.6. The van der Waals surface area contributed by atoms with Gasteiger partial charge in [0.15, 0.2) is 0 Å². The van der Waals surface area contributed by atoms with E-state index < -0.39 is 0 Å². The number of anilines is 1. The Hall–Kier alpha value is -1.09. The number of nitrogens with zero attached hydrogens (tertiary/aromatic N) is 1. The predicted octanol–water partition coefficient (Wildman–Crippen LogP) is 3.54. The summed E-state index contributed by atoms with van der Waals surface area (Å²) in [5.41, 5.74) is 7.22. The van der Waals surface area contributed by atoms with Crippen LogP contribution in [0.1, 0.15) is 57.4 Å². The van der Waals surface area contributed by atoms with Crippen molar-refractivity contribution in [1.82, 2.24) is 10.3 Å². The molecule has 0 aliphatic heterocycles. The van der Waals surface area contributed by atoms with Crippen molar-refractivity contribution >= 4 is 5.82 Å². The molecule has 0 aromatic carbocycles. The standard InChI is InChI=1S/C17H29N3/c1-2-11-19-16(14-8-5-3-4-6-9-14)13-15-10-7-12-20-17(15)18/h7,10,12,14,16,19H,2-6,8-9,11,13H2,1H3,(H2,18,20). The number of nitrogens with one attached hydrogen (secondary N) is 1. The molecule has 20 heavy (non-hydrogen) atoms. The Morgan fingerprint density at radius 3 is 2.70 bits per heavy atom. The molecule has 3 nitrogen and oxygen atoms in total. The zero-order valence-corrected chi connectivity index (χ0v) is 12.8. The van der Waals surface area contributed by atoms with Crippen LogP contribution in [0.25, 0.3) is 0 Å². The quantitative estimate of drug-likeness (QED) is 0.781. The zero-order valence-electron chi connectivity index (χ0n) is 12.8. The Balaban J connectivity index is 2.04. The second kappa shape index (κ2) is 8.25. The minimum Gasteiger partial charge on any atom is -0.383 e. The van der Waals surface area contributed by atoms with Crippen molar-refractivity contribution in [3.05, 3.63) is 23.9 Å². The molecular weight excluding hydrogens is 246 g/mol. The van der Waals surface area contributed by atoms with Crippen molar-refractivity contribution in [2.45, 2.75) is 64.3 Å². The van der Waals surface area contributed by atoms with E-state index >= 15 is 0 Å². The molecule has 0 saturated heterocycles. The van der Waals surface area contributed by atoms with Crippen LogP contribution in [0.2, 0.25) is 0 Å². The lowest BCUT2D eigenvalue weighted by atomic mass is 9.87. The molecule has 1 aliphatic rings. The van der Waals surface area contributed by atoms with Crippen molar-refractivity contribution in [3.63, 3.8) is 0 Å². The largest absolute Gasteiger partial charge is 0.383 e. The molecule has 0 radical (unpaired) electrons. The van der Waals surface area contributed by atoms with Gasteiger partial charge < -0.3 is 11.1 Å². The summed E-state index contributed by atoms with van der Waals surface area (Å²) in [6, 6.07) is 4.68. The smallest absolute Gasteiger partial charge is 0.126 e. The highest BCUT2D eigenvalue weighted by Crippen LogP contribution is 2.27. The minimum absolute atomic E-state index is 0.555. The SMILES string of the molecule is CCCNC(Cc1cccnc1N)C1CCCCCC1. The molecule has 1 unspecified atom stereocenters. The van der Waals surface area contributed by atoms with Crippen LogP contribution in [0, 0.1) is 5.92 Å².